The third kappa shape index (κ3) is 1.81. The van der Waals surface area contributed by atoms with Gasteiger partial charge in [0.2, 0.25) is 0 Å². The molecule has 0 heterocycles. The summed E-state index contributed by atoms with van der Waals surface area (Å²) in [5, 5.41) is 19.4. The van der Waals surface area contributed by atoms with Crippen molar-refractivity contribution in [2.24, 2.45) is 0 Å². The fourth-order valence-corrected chi connectivity index (χ4v) is 1.02. The van der Waals surface area contributed by atoms with E-state index in [2.05, 4.69) is 0 Å². The lowest BCUT2D eigenvalue weighted by atomic mass is 10.1. The highest BCUT2D eigenvalue weighted by atomic mass is 19.1. The zero-order valence-electron chi connectivity index (χ0n) is 6.82. The standard InChI is InChI=1S/C8H7FNO3/c1-5(11)8-6(9)3-2-4-7(8)10(12)13/h2-4,11H,1H3. The van der Waals surface area contributed by atoms with Crippen molar-refractivity contribution in [3.63, 3.8) is 0 Å². The van der Waals surface area contributed by atoms with E-state index in [0.717, 1.165) is 12.1 Å². The second-order valence-electron chi connectivity index (χ2n) is 2.48. The summed E-state index contributed by atoms with van der Waals surface area (Å²) in [7, 11) is 0. The summed E-state index contributed by atoms with van der Waals surface area (Å²) in [5.41, 5.74) is -0.785. The van der Waals surface area contributed by atoms with Crippen LogP contribution in [0.3, 0.4) is 0 Å². The molecule has 1 rings (SSSR count). The zero-order valence-corrected chi connectivity index (χ0v) is 6.82. The Labute approximate surface area is 73.8 Å². The van der Waals surface area contributed by atoms with Crippen molar-refractivity contribution in [1.29, 1.82) is 0 Å². The average Bonchev–Trinajstić information content (AvgIpc) is 2.02. The van der Waals surface area contributed by atoms with Gasteiger partial charge < -0.3 is 5.11 Å². The minimum absolute atomic E-state index is 0.354. The fraction of sp³-hybridized carbons (Fsp3) is 0.125. The van der Waals surface area contributed by atoms with E-state index in [-0.39, 0.29) is 5.56 Å². The molecule has 0 aliphatic rings. The largest absolute Gasteiger partial charge is 0.382 e. The molecule has 1 radical (unpaired) electrons. The van der Waals surface area contributed by atoms with Crippen LogP contribution in [-0.2, 0) is 0 Å². The van der Waals surface area contributed by atoms with Gasteiger partial charge in [-0.3, -0.25) is 10.1 Å². The van der Waals surface area contributed by atoms with Gasteiger partial charge in [-0.15, -0.1) is 0 Å². The van der Waals surface area contributed by atoms with Crippen LogP contribution in [0.25, 0.3) is 0 Å². The fourth-order valence-electron chi connectivity index (χ4n) is 1.02. The van der Waals surface area contributed by atoms with E-state index >= 15 is 0 Å². The Morgan fingerprint density at radius 1 is 1.62 bits per heavy atom. The molecule has 0 aliphatic heterocycles. The Balaban J connectivity index is 3.34. The average molecular weight is 184 g/mol. The van der Waals surface area contributed by atoms with Gasteiger partial charge in [-0.2, -0.15) is 0 Å². The van der Waals surface area contributed by atoms with Gasteiger partial charge in [0, 0.05) is 6.07 Å². The topological polar surface area (TPSA) is 63.4 Å². The van der Waals surface area contributed by atoms with Crippen LogP contribution in [-0.4, -0.2) is 10.0 Å². The Morgan fingerprint density at radius 3 is 2.62 bits per heavy atom. The first kappa shape index (κ1) is 9.60. The van der Waals surface area contributed by atoms with E-state index < -0.39 is 22.5 Å². The Bertz CT molecular complexity index is 338. The van der Waals surface area contributed by atoms with Crippen LogP contribution in [0.5, 0.6) is 0 Å². The number of aliphatic hydroxyl groups excluding tert-OH is 1. The summed E-state index contributed by atoms with van der Waals surface area (Å²) in [4.78, 5) is 9.65. The van der Waals surface area contributed by atoms with Gasteiger partial charge in [-0.05, 0) is 13.0 Å². The molecule has 0 amide bonds. The van der Waals surface area contributed by atoms with Gasteiger partial charge in [0.1, 0.15) is 11.9 Å². The quantitative estimate of drug-likeness (QED) is 0.564. The molecule has 0 fully saturated rings. The molecule has 0 unspecified atom stereocenters. The molecule has 0 saturated heterocycles. The van der Waals surface area contributed by atoms with Crippen LogP contribution < -0.4 is 0 Å². The second-order valence-corrected chi connectivity index (χ2v) is 2.48. The molecule has 5 heteroatoms. The summed E-state index contributed by atoms with van der Waals surface area (Å²) >= 11 is 0. The predicted molar refractivity (Wildman–Crippen MR) is 43.0 cm³/mol. The molecule has 1 aromatic carbocycles. The third-order valence-corrected chi connectivity index (χ3v) is 1.55. The minimum Gasteiger partial charge on any atom is -0.382 e. The molecule has 0 spiro atoms. The zero-order chi connectivity index (χ0) is 10.0. The predicted octanol–water partition coefficient (Wildman–Crippen LogP) is 2.01. The number of benzene rings is 1. The van der Waals surface area contributed by atoms with Gasteiger partial charge in [-0.25, -0.2) is 4.39 Å². The Morgan fingerprint density at radius 2 is 2.23 bits per heavy atom. The summed E-state index contributed by atoms with van der Waals surface area (Å²) in [5.74, 6) is -0.797. The van der Waals surface area contributed by atoms with E-state index in [1.54, 1.807) is 0 Å². The molecule has 69 valence electrons. The highest BCUT2D eigenvalue weighted by molar-refractivity contribution is 5.46. The lowest BCUT2D eigenvalue weighted by molar-refractivity contribution is -0.385. The molecule has 13 heavy (non-hydrogen) atoms. The molecule has 0 bridgehead atoms. The first-order chi connectivity index (χ1) is 6.04. The van der Waals surface area contributed by atoms with Gasteiger partial charge >= 0.3 is 0 Å². The van der Waals surface area contributed by atoms with E-state index in [4.69, 9.17) is 5.11 Å². The Kier molecular flexibility index (Phi) is 2.57. The van der Waals surface area contributed by atoms with Crippen molar-refractivity contribution in [3.05, 3.63) is 45.8 Å². The lowest BCUT2D eigenvalue weighted by Crippen LogP contribution is -2.02. The van der Waals surface area contributed by atoms with Gasteiger partial charge in [0.25, 0.3) is 5.69 Å². The maximum absolute atomic E-state index is 13.0. The maximum Gasteiger partial charge on any atom is 0.278 e. The number of hydrogen-bond acceptors (Lipinski definition) is 3. The molecular weight excluding hydrogens is 177 g/mol. The highest BCUT2D eigenvalue weighted by Gasteiger charge is 2.21. The maximum atomic E-state index is 13.0. The van der Waals surface area contributed by atoms with Crippen molar-refractivity contribution >= 4 is 5.69 Å². The lowest BCUT2D eigenvalue weighted by Gasteiger charge is -2.04. The molecule has 4 nitrogen and oxygen atoms in total. The van der Waals surface area contributed by atoms with E-state index in [9.17, 15) is 14.5 Å². The monoisotopic (exact) mass is 184 g/mol. The highest BCUT2D eigenvalue weighted by Crippen LogP contribution is 2.26. The van der Waals surface area contributed by atoms with E-state index in [1.165, 1.54) is 13.0 Å². The van der Waals surface area contributed by atoms with Crippen molar-refractivity contribution in [1.82, 2.24) is 0 Å². The van der Waals surface area contributed by atoms with E-state index in [0.29, 0.717) is 0 Å². The number of aliphatic hydroxyl groups is 1. The van der Waals surface area contributed by atoms with Crippen molar-refractivity contribution in [3.8, 4) is 0 Å². The normalized spacial score (nSPS) is 10.5. The molecule has 0 aromatic heterocycles. The van der Waals surface area contributed by atoms with Gasteiger partial charge in [0.15, 0.2) is 0 Å². The number of nitro benzene ring substituents is 1. The molecular formula is C8H7FNO3. The molecule has 0 atom stereocenters. The minimum atomic E-state index is -0.797. The first-order valence-electron chi connectivity index (χ1n) is 3.50. The van der Waals surface area contributed by atoms with Crippen molar-refractivity contribution in [2.45, 2.75) is 6.92 Å². The van der Waals surface area contributed by atoms with Crippen LogP contribution in [0.15, 0.2) is 18.2 Å². The van der Waals surface area contributed by atoms with Crippen molar-refractivity contribution in [2.75, 3.05) is 0 Å². The number of hydrogen-bond donors (Lipinski definition) is 1. The Hall–Kier alpha value is -1.49. The molecule has 1 N–H and O–H groups in total. The molecule has 0 saturated carbocycles. The second kappa shape index (κ2) is 3.49. The van der Waals surface area contributed by atoms with Gasteiger partial charge in [-0.1, -0.05) is 6.07 Å². The van der Waals surface area contributed by atoms with Gasteiger partial charge in [0.05, 0.1) is 10.5 Å². The summed E-state index contributed by atoms with van der Waals surface area (Å²) in [6.07, 6.45) is -0.398. The number of nitrogens with zero attached hydrogens (tertiary/aromatic N) is 1. The molecule has 0 aliphatic carbocycles. The van der Waals surface area contributed by atoms with Crippen LogP contribution in [0.4, 0.5) is 10.1 Å². The van der Waals surface area contributed by atoms with Crippen molar-refractivity contribution < 1.29 is 14.4 Å². The van der Waals surface area contributed by atoms with E-state index in [1.807, 2.05) is 0 Å². The van der Waals surface area contributed by atoms with Crippen LogP contribution >= 0.6 is 0 Å². The number of halogens is 1. The summed E-state index contributed by atoms with van der Waals surface area (Å²) < 4.78 is 13.0. The number of nitro groups is 1. The van der Waals surface area contributed by atoms with Crippen LogP contribution in [0.2, 0.25) is 0 Å². The molecule has 1 aromatic rings. The number of rotatable bonds is 2. The SMILES string of the molecule is C[C](O)c1c(F)cccc1[N+](=O)[O-]. The van der Waals surface area contributed by atoms with Crippen LogP contribution in [0.1, 0.15) is 12.5 Å². The van der Waals surface area contributed by atoms with Crippen LogP contribution in [0, 0.1) is 22.0 Å². The smallest absolute Gasteiger partial charge is 0.278 e. The summed E-state index contributed by atoms with van der Waals surface area (Å²) in [6, 6.07) is 3.42. The third-order valence-electron chi connectivity index (χ3n) is 1.55. The summed E-state index contributed by atoms with van der Waals surface area (Å²) in [6.45, 7) is 1.20. The first-order valence-corrected chi connectivity index (χ1v) is 3.50.